The molecule has 0 saturated heterocycles. The van der Waals surface area contributed by atoms with Crippen LogP contribution in [0, 0.1) is 5.95 Å². The quantitative estimate of drug-likeness (QED) is 0.586. The van der Waals surface area contributed by atoms with Crippen LogP contribution in [-0.2, 0) is 4.74 Å². The third-order valence-electron chi connectivity index (χ3n) is 3.20. The lowest BCUT2D eigenvalue weighted by Crippen LogP contribution is -2.02. The molecule has 3 rings (SSSR count). The summed E-state index contributed by atoms with van der Waals surface area (Å²) in [7, 11) is 1.32. The highest BCUT2D eigenvalue weighted by Crippen LogP contribution is 2.18. The van der Waals surface area contributed by atoms with Gasteiger partial charge in [-0.1, -0.05) is 12.1 Å². The third-order valence-corrected chi connectivity index (χ3v) is 3.20. The summed E-state index contributed by atoms with van der Waals surface area (Å²) in [6.45, 7) is 0. The summed E-state index contributed by atoms with van der Waals surface area (Å²) in [6, 6.07) is 11.3. The van der Waals surface area contributed by atoms with E-state index in [1.807, 2.05) is 0 Å². The van der Waals surface area contributed by atoms with Gasteiger partial charge in [0.15, 0.2) is 0 Å². The molecule has 0 saturated carbocycles. The Morgan fingerprint density at radius 2 is 1.88 bits per heavy atom. The average Bonchev–Trinajstić information content (AvgIpc) is 2.62. The summed E-state index contributed by atoms with van der Waals surface area (Å²) in [6.07, 6.45) is 3.09. The number of methoxy groups -OCH3 is 1. The van der Waals surface area contributed by atoms with Crippen molar-refractivity contribution < 1.29 is 13.9 Å². The fraction of sp³-hybridized carbons (Fsp3) is 0.0588. The number of ether oxygens (including phenoxy) is 1. The number of hydrogen-bond acceptors (Lipinski definition) is 6. The van der Waals surface area contributed by atoms with E-state index in [0.29, 0.717) is 28.5 Å². The minimum Gasteiger partial charge on any atom is -0.465 e. The van der Waals surface area contributed by atoms with Gasteiger partial charge in [-0.3, -0.25) is 0 Å². The van der Waals surface area contributed by atoms with Crippen molar-refractivity contribution in [3.05, 3.63) is 66.4 Å². The Labute approximate surface area is 137 Å². The molecule has 0 aliphatic rings. The van der Waals surface area contributed by atoms with E-state index in [1.165, 1.54) is 13.2 Å². The van der Waals surface area contributed by atoms with Gasteiger partial charge < -0.3 is 10.1 Å². The first-order valence-electron chi connectivity index (χ1n) is 7.06. The predicted molar refractivity (Wildman–Crippen MR) is 86.3 cm³/mol. The van der Waals surface area contributed by atoms with E-state index >= 15 is 0 Å². The number of benzene rings is 1. The fourth-order valence-corrected chi connectivity index (χ4v) is 2.06. The van der Waals surface area contributed by atoms with Gasteiger partial charge in [-0.05, 0) is 30.3 Å². The zero-order chi connectivity index (χ0) is 16.9. The Kier molecular flexibility index (Phi) is 4.42. The average molecular weight is 324 g/mol. The molecule has 7 heteroatoms. The normalized spacial score (nSPS) is 10.2. The van der Waals surface area contributed by atoms with Crippen LogP contribution < -0.4 is 5.32 Å². The molecule has 0 aliphatic carbocycles. The molecule has 6 nitrogen and oxygen atoms in total. The van der Waals surface area contributed by atoms with Gasteiger partial charge in [-0.15, -0.1) is 0 Å². The van der Waals surface area contributed by atoms with Crippen LogP contribution in [0.3, 0.4) is 0 Å². The minimum atomic E-state index is -0.561. The number of rotatable bonds is 4. The standard InChI is InChI=1S/C17H13FN4O2/c1-24-16(23)11-4-2-5-13(8-11)21-17-19-9-12(10-20-17)14-6-3-7-15(18)22-14/h2-10H,1H3,(H,19,20,21). The summed E-state index contributed by atoms with van der Waals surface area (Å²) in [5.74, 6) is -0.640. The molecule has 2 heterocycles. The van der Waals surface area contributed by atoms with Crippen molar-refractivity contribution in [2.75, 3.05) is 12.4 Å². The van der Waals surface area contributed by atoms with Crippen molar-refractivity contribution in [3.8, 4) is 11.3 Å². The summed E-state index contributed by atoms with van der Waals surface area (Å²) in [5.41, 5.74) is 2.12. The van der Waals surface area contributed by atoms with Gasteiger partial charge in [0.2, 0.25) is 11.9 Å². The highest BCUT2D eigenvalue weighted by Gasteiger charge is 2.07. The van der Waals surface area contributed by atoms with Crippen LogP contribution in [0.2, 0.25) is 0 Å². The maximum absolute atomic E-state index is 13.1. The van der Waals surface area contributed by atoms with Crippen molar-refractivity contribution in [2.45, 2.75) is 0 Å². The molecule has 0 aliphatic heterocycles. The first-order chi connectivity index (χ1) is 11.7. The van der Waals surface area contributed by atoms with E-state index in [-0.39, 0.29) is 0 Å². The molecule has 2 aromatic heterocycles. The maximum Gasteiger partial charge on any atom is 0.337 e. The number of hydrogen-bond donors (Lipinski definition) is 1. The minimum absolute atomic E-state index is 0.345. The first kappa shape index (κ1) is 15.5. The number of carbonyl (C=O) groups is 1. The van der Waals surface area contributed by atoms with Crippen LogP contribution in [0.15, 0.2) is 54.9 Å². The topological polar surface area (TPSA) is 77.0 Å². The molecule has 0 atom stereocenters. The van der Waals surface area contributed by atoms with Crippen LogP contribution in [0.25, 0.3) is 11.3 Å². The van der Waals surface area contributed by atoms with Crippen LogP contribution >= 0.6 is 0 Å². The molecular formula is C17H13FN4O2. The second-order valence-corrected chi connectivity index (χ2v) is 4.84. The highest BCUT2D eigenvalue weighted by atomic mass is 19.1. The Morgan fingerprint density at radius 1 is 1.12 bits per heavy atom. The molecule has 0 bridgehead atoms. The Balaban J connectivity index is 1.78. The molecule has 3 aromatic rings. The van der Waals surface area contributed by atoms with Crippen LogP contribution in [0.1, 0.15) is 10.4 Å². The smallest absolute Gasteiger partial charge is 0.337 e. The number of nitrogens with zero attached hydrogens (tertiary/aromatic N) is 3. The molecule has 0 unspecified atom stereocenters. The van der Waals surface area contributed by atoms with Gasteiger partial charge in [0.1, 0.15) is 0 Å². The monoisotopic (exact) mass is 324 g/mol. The number of halogens is 1. The number of nitrogens with one attached hydrogen (secondary N) is 1. The van der Waals surface area contributed by atoms with E-state index in [2.05, 4.69) is 25.0 Å². The molecule has 0 spiro atoms. The van der Waals surface area contributed by atoms with Crippen LogP contribution in [0.4, 0.5) is 16.0 Å². The summed E-state index contributed by atoms with van der Waals surface area (Å²) < 4.78 is 17.8. The van der Waals surface area contributed by atoms with Gasteiger partial charge in [0.25, 0.3) is 0 Å². The summed E-state index contributed by atoms with van der Waals surface area (Å²) >= 11 is 0. The lowest BCUT2D eigenvalue weighted by Gasteiger charge is -2.07. The Morgan fingerprint density at radius 3 is 2.58 bits per heavy atom. The Hall–Kier alpha value is -3.35. The van der Waals surface area contributed by atoms with Gasteiger partial charge >= 0.3 is 5.97 Å². The zero-order valence-corrected chi connectivity index (χ0v) is 12.7. The van der Waals surface area contributed by atoms with Crippen molar-refractivity contribution in [1.82, 2.24) is 15.0 Å². The zero-order valence-electron chi connectivity index (χ0n) is 12.7. The number of aromatic nitrogens is 3. The largest absolute Gasteiger partial charge is 0.465 e. The van der Waals surface area contributed by atoms with Crippen molar-refractivity contribution in [3.63, 3.8) is 0 Å². The third kappa shape index (κ3) is 3.52. The molecule has 0 radical (unpaired) electrons. The predicted octanol–water partition coefficient (Wildman–Crippen LogP) is 3.21. The molecule has 1 N–H and O–H groups in total. The highest BCUT2D eigenvalue weighted by molar-refractivity contribution is 5.90. The van der Waals surface area contributed by atoms with Gasteiger partial charge in [-0.25, -0.2) is 19.7 Å². The van der Waals surface area contributed by atoms with E-state index in [0.717, 1.165) is 0 Å². The number of anilines is 2. The van der Waals surface area contributed by atoms with Crippen molar-refractivity contribution >= 4 is 17.6 Å². The molecule has 0 amide bonds. The van der Waals surface area contributed by atoms with Crippen molar-refractivity contribution in [2.24, 2.45) is 0 Å². The van der Waals surface area contributed by atoms with E-state index in [9.17, 15) is 9.18 Å². The van der Waals surface area contributed by atoms with E-state index in [1.54, 1.807) is 48.8 Å². The number of esters is 1. The molecule has 0 fully saturated rings. The molecule has 1 aromatic carbocycles. The van der Waals surface area contributed by atoms with Gasteiger partial charge in [0.05, 0.1) is 18.4 Å². The fourth-order valence-electron chi connectivity index (χ4n) is 2.06. The number of pyridine rings is 1. The molecular weight excluding hydrogens is 311 g/mol. The molecule has 120 valence electrons. The second kappa shape index (κ2) is 6.82. The molecule has 24 heavy (non-hydrogen) atoms. The Bertz CT molecular complexity index is 868. The van der Waals surface area contributed by atoms with Crippen LogP contribution in [-0.4, -0.2) is 28.0 Å². The summed E-state index contributed by atoms with van der Waals surface area (Å²) in [5, 5.41) is 2.99. The van der Waals surface area contributed by atoms with Crippen molar-refractivity contribution in [1.29, 1.82) is 0 Å². The lowest BCUT2D eigenvalue weighted by atomic mass is 10.2. The maximum atomic E-state index is 13.1. The van der Waals surface area contributed by atoms with E-state index < -0.39 is 11.9 Å². The second-order valence-electron chi connectivity index (χ2n) is 4.84. The number of carbonyl (C=O) groups excluding carboxylic acids is 1. The van der Waals surface area contributed by atoms with E-state index in [4.69, 9.17) is 0 Å². The SMILES string of the molecule is COC(=O)c1cccc(Nc2ncc(-c3cccc(F)n3)cn2)c1. The summed E-state index contributed by atoms with van der Waals surface area (Å²) in [4.78, 5) is 23.7. The van der Waals surface area contributed by atoms with Gasteiger partial charge in [-0.2, -0.15) is 4.39 Å². The van der Waals surface area contributed by atoms with Gasteiger partial charge in [0, 0.05) is 23.6 Å². The van der Waals surface area contributed by atoms with Crippen LogP contribution in [0.5, 0.6) is 0 Å². The first-order valence-corrected chi connectivity index (χ1v) is 7.06. The lowest BCUT2D eigenvalue weighted by molar-refractivity contribution is 0.0601.